The van der Waals surface area contributed by atoms with Gasteiger partial charge in [0, 0.05) is 17.7 Å². The zero-order valence-electron chi connectivity index (χ0n) is 22.4. The van der Waals surface area contributed by atoms with Crippen molar-refractivity contribution in [1.82, 2.24) is 0 Å². The third kappa shape index (κ3) is 6.24. The van der Waals surface area contributed by atoms with Crippen LogP contribution in [0.25, 0.3) is 5.69 Å². The normalized spacial score (nSPS) is 11.0. The van der Waals surface area contributed by atoms with Crippen LogP contribution in [0.1, 0.15) is 49.7 Å². The maximum Gasteiger partial charge on any atom is 0.310 e. The summed E-state index contributed by atoms with van der Waals surface area (Å²) in [5, 5.41) is -0.0130. The van der Waals surface area contributed by atoms with E-state index in [0.29, 0.717) is 16.0 Å². The lowest BCUT2D eigenvalue weighted by molar-refractivity contribution is -0.598. The molecule has 40 heavy (non-hydrogen) atoms. The number of thiophene rings is 1. The van der Waals surface area contributed by atoms with Gasteiger partial charge in [0.05, 0.1) is 28.7 Å². The lowest BCUT2D eigenvalue weighted by atomic mass is 10.0. The number of ketones is 1. The number of benzene rings is 3. The van der Waals surface area contributed by atoms with Crippen molar-refractivity contribution in [2.24, 2.45) is 0 Å². The first-order chi connectivity index (χ1) is 19.5. The molecule has 4 nitrogen and oxygen atoms in total. The molecule has 5 aromatic rings. The van der Waals surface area contributed by atoms with Crippen LogP contribution in [0.15, 0.2) is 120 Å². The Bertz CT molecular complexity index is 1540. The largest absolute Gasteiger partial charge is 0.466 e. The molecule has 0 bridgehead atoms. The van der Waals surface area contributed by atoms with Gasteiger partial charge in [0.1, 0.15) is 4.21 Å². The minimum Gasteiger partial charge on any atom is -0.466 e. The summed E-state index contributed by atoms with van der Waals surface area (Å²) in [4.78, 5) is 27.4. The van der Waals surface area contributed by atoms with Crippen LogP contribution in [0, 0.1) is 6.92 Å². The molecule has 0 spiro atoms. The van der Waals surface area contributed by atoms with E-state index in [1.54, 1.807) is 18.7 Å². The number of pyridine rings is 1. The number of rotatable bonds is 10. The quantitative estimate of drug-likeness (QED) is 0.0761. The van der Waals surface area contributed by atoms with E-state index in [1.165, 1.54) is 11.3 Å². The van der Waals surface area contributed by atoms with E-state index in [4.69, 9.17) is 4.74 Å². The zero-order chi connectivity index (χ0) is 27.9. The van der Waals surface area contributed by atoms with Crippen LogP contribution in [-0.4, -0.2) is 18.4 Å². The third-order valence-corrected chi connectivity index (χ3v) is 9.24. The lowest BCUT2D eigenvalue weighted by Gasteiger charge is -2.17. The smallest absolute Gasteiger partial charge is 0.310 e. The molecule has 2 aromatic heterocycles. The topological polar surface area (TPSA) is 47.3 Å². The fourth-order valence-corrected chi connectivity index (χ4v) is 7.43. The maximum atomic E-state index is 13.9. The zero-order valence-corrected chi connectivity index (χ0v) is 24.1. The molecular weight excluding hydrogens is 535 g/mol. The molecule has 0 aliphatic rings. The Hall–Kier alpha value is -4.00. The molecule has 0 unspecified atom stereocenters. The predicted molar refractivity (Wildman–Crippen MR) is 161 cm³/mol. The minimum absolute atomic E-state index is 0.0103. The van der Waals surface area contributed by atoms with Gasteiger partial charge in [0.15, 0.2) is 12.4 Å². The summed E-state index contributed by atoms with van der Waals surface area (Å²) in [7, 11) is 0. The number of carbonyl (C=O) groups excluding carboxylic acids is 2. The SMILES string of the molecule is CCOC(=O)Cc1c(C(=O)c2ccccc2)sc(SC(c2ccccc2)c2ccccc2)c1-[n+]1ccc(C)cc1. The van der Waals surface area contributed by atoms with Crippen LogP contribution >= 0.6 is 23.1 Å². The van der Waals surface area contributed by atoms with E-state index >= 15 is 0 Å². The van der Waals surface area contributed by atoms with Crippen LogP contribution in [-0.2, 0) is 16.0 Å². The summed E-state index contributed by atoms with van der Waals surface area (Å²) in [6.45, 7) is 4.12. The molecule has 0 aliphatic carbocycles. The molecule has 0 aliphatic heterocycles. The Balaban J connectivity index is 1.71. The second-order valence-corrected chi connectivity index (χ2v) is 11.7. The Morgan fingerprint density at radius 1 is 0.825 bits per heavy atom. The van der Waals surface area contributed by atoms with Gasteiger partial charge in [-0.25, -0.2) is 0 Å². The third-order valence-electron chi connectivity index (χ3n) is 6.50. The average molecular weight is 565 g/mol. The van der Waals surface area contributed by atoms with Crippen molar-refractivity contribution in [3.8, 4) is 5.69 Å². The van der Waals surface area contributed by atoms with E-state index in [-0.39, 0.29) is 30.0 Å². The fourth-order valence-electron chi connectivity index (χ4n) is 4.54. The van der Waals surface area contributed by atoms with E-state index in [9.17, 15) is 9.59 Å². The highest BCUT2D eigenvalue weighted by Gasteiger charge is 2.33. The van der Waals surface area contributed by atoms with Crippen LogP contribution in [0.2, 0.25) is 0 Å². The van der Waals surface area contributed by atoms with E-state index in [0.717, 1.165) is 26.6 Å². The highest BCUT2D eigenvalue weighted by Crippen LogP contribution is 2.47. The number of aromatic nitrogens is 1. The molecular formula is C34H30NO3S2+. The van der Waals surface area contributed by atoms with Crippen LogP contribution in [0.4, 0.5) is 0 Å². The monoisotopic (exact) mass is 564 g/mol. The second kappa shape index (κ2) is 12.9. The Morgan fingerprint density at radius 3 is 1.93 bits per heavy atom. The predicted octanol–water partition coefficient (Wildman–Crippen LogP) is 7.55. The molecule has 0 amide bonds. The molecule has 0 radical (unpaired) electrons. The summed E-state index contributed by atoms with van der Waals surface area (Å²) in [6.07, 6.45) is 4.00. The highest BCUT2D eigenvalue weighted by atomic mass is 32.2. The first-order valence-corrected chi connectivity index (χ1v) is 14.9. The summed E-state index contributed by atoms with van der Waals surface area (Å²) >= 11 is 3.15. The number of esters is 1. The van der Waals surface area contributed by atoms with Crippen LogP contribution in [0.5, 0.6) is 0 Å². The summed E-state index contributed by atoms with van der Waals surface area (Å²) in [5.74, 6) is -0.447. The van der Waals surface area contributed by atoms with Crippen molar-refractivity contribution in [3.63, 3.8) is 0 Å². The molecule has 0 saturated heterocycles. The number of hydrogen-bond acceptors (Lipinski definition) is 5. The highest BCUT2D eigenvalue weighted by molar-refractivity contribution is 8.01. The average Bonchev–Trinajstić information content (AvgIpc) is 3.34. The van der Waals surface area contributed by atoms with E-state index < -0.39 is 0 Å². The van der Waals surface area contributed by atoms with Crippen molar-refractivity contribution in [3.05, 3.63) is 148 Å². The second-order valence-electron chi connectivity index (χ2n) is 9.32. The maximum absolute atomic E-state index is 13.9. The van der Waals surface area contributed by atoms with Crippen molar-refractivity contribution in [1.29, 1.82) is 0 Å². The number of thioether (sulfide) groups is 1. The van der Waals surface area contributed by atoms with Crippen molar-refractivity contribution < 1.29 is 18.9 Å². The van der Waals surface area contributed by atoms with Gasteiger partial charge in [-0.05, 0) is 30.5 Å². The van der Waals surface area contributed by atoms with Gasteiger partial charge in [0.25, 0.3) is 0 Å². The van der Waals surface area contributed by atoms with Gasteiger partial charge in [-0.1, -0.05) is 103 Å². The molecule has 0 fully saturated rings. The molecule has 0 atom stereocenters. The Morgan fingerprint density at radius 2 is 1.38 bits per heavy atom. The molecule has 6 heteroatoms. The van der Waals surface area contributed by atoms with Crippen molar-refractivity contribution >= 4 is 34.9 Å². The van der Waals surface area contributed by atoms with Gasteiger partial charge in [-0.2, -0.15) is 4.57 Å². The molecule has 5 rings (SSSR count). The number of ether oxygens (including phenoxy) is 1. The standard InChI is InChI=1S/C34H30NO3S2/c1-3-38-29(36)23-28-30(35-21-19-24(2)20-22-35)34(40-33(28)31(37)25-13-7-4-8-14-25)39-32(26-15-9-5-10-16-26)27-17-11-6-12-18-27/h4-22,32H,3,23H2,1-2H3/q+1. The molecule has 0 N–H and O–H groups in total. The van der Waals surface area contributed by atoms with Crippen LogP contribution < -0.4 is 4.57 Å². The number of carbonyl (C=O) groups is 2. The number of nitrogens with zero attached hydrogens (tertiary/aromatic N) is 1. The molecule has 3 aromatic carbocycles. The van der Waals surface area contributed by atoms with Crippen molar-refractivity contribution in [2.45, 2.75) is 29.7 Å². The molecule has 0 saturated carbocycles. The fraction of sp³-hybridized carbons (Fsp3) is 0.147. The van der Waals surface area contributed by atoms with Gasteiger partial charge in [-0.3, -0.25) is 9.59 Å². The van der Waals surface area contributed by atoms with Gasteiger partial charge in [-0.15, -0.1) is 11.3 Å². The van der Waals surface area contributed by atoms with E-state index in [2.05, 4.69) is 24.3 Å². The van der Waals surface area contributed by atoms with Crippen LogP contribution in [0.3, 0.4) is 0 Å². The molecule has 2 heterocycles. The summed E-state index contributed by atoms with van der Waals surface area (Å²) in [6, 6.07) is 34.1. The Kier molecular flexibility index (Phi) is 8.89. The number of hydrogen-bond donors (Lipinski definition) is 0. The van der Waals surface area contributed by atoms with E-state index in [1.807, 2.05) is 103 Å². The molecule has 200 valence electrons. The minimum atomic E-state index is -0.351. The first-order valence-electron chi connectivity index (χ1n) is 13.2. The first kappa shape index (κ1) is 27.6. The summed E-state index contributed by atoms with van der Waals surface area (Å²) < 4.78 is 8.35. The van der Waals surface area contributed by atoms with Crippen molar-refractivity contribution in [2.75, 3.05) is 6.61 Å². The van der Waals surface area contributed by atoms with Gasteiger partial charge < -0.3 is 4.74 Å². The number of aryl methyl sites for hydroxylation is 1. The van der Waals surface area contributed by atoms with Gasteiger partial charge in [0.2, 0.25) is 11.5 Å². The lowest BCUT2D eigenvalue weighted by Crippen LogP contribution is -2.32. The summed E-state index contributed by atoms with van der Waals surface area (Å²) in [5.41, 5.74) is 5.57. The Labute approximate surface area is 243 Å². The van der Waals surface area contributed by atoms with Gasteiger partial charge >= 0.3 is 5.97 Å².